The third-order valence-electron chi connectivity index (χ3n) is 3.58. The molecule has 2 rings (SSSR count). The largest absolute Gasteiger partial charge is 0.423 e. The summed E-state index contributed by atoms with van der Waals surface area (Å²) in [5.74, 6) is 0. The van der Waals surface area contributed by atoms with Crippen molar-refractivity contribution in [1.29, 1.82) is 0 Å². The van der Waals surface area contributed by atoms with Crippen molar-refractivity contribution in [3.05, 3.63) is 69.1 Å². The minimum Gasteiger partial charge on any atom is -0.423 e. The van der Waals surface area contributed by atoms with Crippen molar-refractivity contribution in [2.75, 3.05) is 0 Å². The minimum atomic E-state index is -1.41. The predicted molar refractivity (Wildman–Crippen MR) is 80.4 cm³/mol. The van der Waals surface area contributed by atoms with Crippen molar-refractivity contribution in [1.82, 2.24) is 0 Å². The monoisotopic (exact) mass is 270 g/mol. The molecule has 0 aromatic carbocycles. The van der Waals surface area contributed by atoms with Gasteiger partial charge in [-0.15, -0.1) is 0 Å². The van der Waals surface area contributed by atoms with Crippen molar-refractivity contribution in [3.8, 4) is 0 Å². The standard InChI is InChI=1S/C17H18O3/c1-5-12-7-6-8-15-13(9-12)10-14(16(18)20-15)17(4,19)11(2)3/h5,7-10,19H,1-2,6H2,3-4H3. The van der Waals surface area contributed by atoms with Crippen molar-refractivity contribution in [2.45, 2.75) is 25.9 Å². The van der Waals surface area contributed by atoms with Crippen LogP contribution in [0.4, 0.5) is 0 Å². The first kappa shape index (κ1) is 14.3. The molecule has 1 aromatic rings. The topological polar surface area (TPSA) is 50.4 Å². The summed E-state index contributed by atoms with van der Waals surface area (Å²) >= 11 is 0. The van der Waals surface area contributed by atoms with Gasteiger partial charge in [-0.05, 0) is 49.6 Å². The van der Waals surface area contributed by atoms with Crippen molar-refractivity contribution < 1.29 is 9.52 Å². The highest BCUT2D eigenvalue weighted by Crippen LogP contribution is 2.23. The highest BCUT2D eigenvalue weighted by atomic mass is 16.4. The second-order valence-corrected chi connectivity index (χ2v) is 5.11. The lowest BCUT2D eigenvalue weighted by atomic mass is 9.91. The Morgan fingerprint density at radius 1 is 1.50 bits per heavy atom. The van der Waals surface area contributed by atoms with E-state index in [-0.39, 0.29) is 5.56 Å². The van der Waals surface area contributed by atoms with Crippen LogP contribution in [0.25, 0.3) is 12.2 Å². The zero-order valence-electron chi connectivity index (χ0n) is 11.8. The molecular weight excluding hydrogens is 252 g/mol. The van der Waals surface area contributed by atoms with E-state index in [4.69, 9.17) is 4.42 Å². The molecule has 1 aromatic heterocycles. The zero-order chi connectivity index (χ0) is 14.9. The van der Waals surface area contributed by atoms with Gasteiger partial charge in [0.05, 0.1) is 5.56 Å². The molecule has 1 aliphatic rings. The van der Waals surface area contributed by atoms with E-state index in [0.29, 0.717) is 17.4 Å². The average Bonchev–Trinajstić information content (AvgIpc) is 2.58. The lowest BCUT2D eigenvalue weighted by Crippen LogP contribution is -2.37. The second-order valence-electron chi connectivity index (χ2n) is 5.11. The minimum absolute atomic E-state index is 0.193. The Hall–Kier alpha value is -2.13. The van der Waals surface area contributed by atoms with Crippen molar-refractivity contribution in [3.63, 3.8) is 0 Å². The van der Waals surface area contributed by atoms with E-state index >= 15 is 0 Å². The zero-order valence-corrected chi connectivity index (χ0v) is 11.8. The highest BCUT2D eigenvalue weighted by molar-refractivity contribution is 5.55. The lowest BCUT2D eigenvalue weighted by molar-refractivity contribution is 0.0933. The molecule has 0 fully saturated rings. The van der Waals surface area contributed by atoms with Gasteiger partial charge in [0, 0.05) is 5.22 Å². The van der Waals surface area contributed by atoms with E-state index in [2.05, 4.69) is 13.2 Å². The van der Waals surface area contributed by atoms with Crippen LogP contribution in [0, 0.1) is 0 Å². The van der Waals surface area contributed by atoms with Gasteiger partial charge >= 0.3 is 5.63 Å². The molecule has 0 aliphatic heterocycles. The second kappa shape index (κ2) is 5.10. The van der Waals surface area contributed by atoms with E-state index in [0.717, 1.165) is 10.8 Å². The number of fused-ring (bicyclic) bond motifs is 1. The van der Waals surface area contributed by atoms with E-state index in [1.165, 1.54) is 0 Å². The summed E-state index contributed by atoms with van der Waals surface area (Å²) < 4.78 is 5.33. The molecule has 1 unspecified atom stereocenters. The summed E-state index contributed by atoms with van der Waals surface area (Å²) in [5, 5.41) is 11.2. The Kier molecular flexibility index (Phi) is 3.64. The van der Waals surface area contributed by atoms with Gasteiger partial charge in [-0.1, -0.05) is 25.3 Å². The summed E-state index contributed by atoms with van der Waals surface area (Å²) in [6.07, 6.45) is 8.12. The molecular formula is C17H18O3. The van der Waals surface area contributed by atoms with Gasteiger partial charge in [0.15, 0.2) is 0 Å². The fourth-order valence-corrected chi connectivity index (χ4v) is 2.02. The van der Waals surface area contributed by atoms with Crippen LogP contribution in [0.1, 0.15) is 25.8 Å². The van der Waals surface area contributed by atoms with Gasteiger partial charge in [0.25, 0.3) is 0 Å². The maximum Gasteiger partial charge on any atom is 0.342 e. The van der Waals surface area contributed by atoms with Gasteiger partial charge in [-0.2, -0.15) is 0 Å². The van der Waals surface area contributed by atoms with Crippen LogP contribution in [0.2, 0.25) is 0 Å². The molecule has 0 amide bonds. The van der Waals surface area contributed by atoms with Gasteiger partial charge in [-0.25, -0.2) is 4.79 Å². The summed E-state index contributed by atoms with van der Waals surface area (Å²) in [6.45, 7) is 10.7. The van der Waals surface area contributed by atoms with E-state index in [1.54, 1.807) is 26.0 Å². The fourth-order valence-electron chi connectivity index (χ4n) is 2.02. The smallest absolute Gasteiger partial charge is 0.342 e. The summed E-state index contributed by atoms with van der Waals surface area (Å²) in [4.78, 5) is 12.1. The first-order chi connectivity index (χ1) is 9.36. The van der Waals surface area contributed by atoms with Gasteiger partial charge in [0.2, 0.25) is 0 Å². The maximum absolute atomic E-state index is 12.1. The number of hydrogen-bond acceptors (Lipinski definition) is 3. The Bertz CT molecular complexity index is 773. The Balaban J connectivity index is 2.79. The van der Waals surface area contributed by atoms with Crippen LogP contribution in [-0.2, 0) is 5.60 Å². The van der Waals surface area contributed by atoms with Crippen molar-refractivity contribution in [2.24, 2.45) is 0 Å². The van der Waals surface area contributed by atoms with Crippen LogP contribution in [0.15, 0.2) is 51.7 Å². The number of allylic oxidation sites excluding steroid dienone is 3. The summed E-state index contributed by atoms with van der Waals surface area (Å²) in [6, 6.07) is 1.66. The molecule has 0 saturated heterocycles. The first-order valence-electron chi connectivity index (χ1n) is 6.44. The molecule has 1 atom stereocenters. The Morgan fingerprint density at radius 2 is 2.20 bits per heavy atom. The van der Waals surface area contributed by atoms with E-state index < -0.39 is 11.2 Å². The molecule has 0 radical (unpaired) electrons. The highest BCUT2D eigenvalue weighted by Gasteiger charge is 2.28. The van der Waals surface area contributed by atoms with Crippen LogP contribution in [0.3, 0.4) is 0 Å². The molecule has 1 N–H and O–H groups in total. The first-order valence-corrected chi connectivity index (χ1v) is 6.44. The van der Waals surface area contributed by atoms with E-state index in [9.17, 15) is 9.90 Å². The fraction of sp³-hybridized carbons (Fsp3) is 0.235. The number of aliphatic hydroxyl groups is 1. The molecule has 1 heterocycles. The molecule has 20 heavy (non-hydrogen) atoms. The molecule has 0 spiro atoms. The van der Waals surface area contributed by atoms with Crippen LogP contribution < -0.4 is 16.3 Å². The van der Waals surface area contributed by atoms with Crippen LogP contribution in [-0.4, -0.2) is 5.11 Å². The molecule has 3 heteroatoms. The summed E-state index contributed by atoms with van der Waals surface area (Å²) in [5.41, 5.74) is 0.205. The van der Waals surface area contributed by atoms with Crippen LogP contribution >= 0.6 is 0 Å². The van der Waals surface area contributed by atoms with Gasteiger partial charge in [0.1, 0.15) is 11.0 Å². The molecule has 3 nitrogen and oxygen atoms in total. The normalized spacial score (nSPS) is 16.6. The van der Waals surface area contributed by atoms with Crippen LogP contribution in [0.5, 0.6) is 0 Å². The van der Waals surface area contributed by atoms with E-state index in [1.807, 2.05) is 18.2 Å². The summed E-state index contributed by atoms with van der Waals surface area (Å²) in [7, 11) is 0. The lowest BCUT2D eigenvalue weighted by Gasteiger charge is -2.22. The van der Waals surface area contributed by atoms with Gasteiger partial charge in [-0.3, -0.25) is 0 Å². The number of rotatable bonds is 3. The third kappa shape index (κ3) is 2.45. The molecule has 0 saturated carbocycles. The maximum atomic E-state index is 12.1. The SMILES string of the molecule is C=CC1=CCC=c2oc(=O)c(C(C)(O)C(=C)C)cc2=C1. The van der Waals surface area contributed by atoms with Gasteiger partial charge < -0.3 is 9.52 Å². The third-order valence-corrected chi connectivity index (χ3v) is 3.58. The molecule has 0 bridgehead atoms. The predicted octanol–water partition coefficient (Wildman–Crippen LogP) is 1.50. The Labute approximate surface area is 117 Å². The average molecular weight is 270 g/mol. The molecule has 1 aliphatic carbocycles. The molecule has 104 valence electrons. The quantitative estimate of drug-likeness (QED) is 0.847. The number of hydrogen-bond donors (Lipinski definition) is 1. The van der Waals surface area contributed by atoms with Crippen molar-refractivity contribution >= 4 is 12.2 Å². The Morgan fingerprint density at radius 3 is 2.80 bits per heavy atom.